The Morgan fingerprint density at radius 2 is 2.26 bits per heavy atom. The molecule has 3 rings (SSSR count). The first-order valence-corrected chi connectivity index (χ1v) is 6.30. The number of aromatic nitrogens is 2. The van der Waals surface area contributed by atoms with Crippen molar-refractivity contribution < 1.29 is 9.90 Å². The highest BCUT2D eigenvalue weighted by Gasteiger charge is 2.31. The molecule has 0 spiro atoms. The average Bonchev–Trinajstić information content (AvgIpc) is 2.98. The standard InChI is InChI=1S/C13H12ClN3O2/c14-10-2-1-3-11(13(10)16-5-4-15-8-16)17-7-9(18)6-12(17)19/h1-5,8-9,18H,6-7H2. The number of anilines is 1. The number of nitrogens with zero attached hydrogens (tertiary/aromatic N) is 3. The molecule has 6 heteroatoms. The van der Waals surface area contributed by atoms with Crippen molar-refractivity contribution in [1.29, 1.82) is 0 Å². The van der Waals surface area contributed by atoms with Gasteiger partial charge in [-0.1, -0.05) is 17.7 Å². The van der Waals surface area contributed by atoms with E-state index in [0.29, 0.717) is 22.9 Å². The van der Waals surface area contributed by atoms with E-state index in [1.165, 1.54) is 0 Å². The molecule has 1 N–H and O–H groups in total. The molecule has 2 aromatic rings. The number of halogens is 1. The SMILES string of the molecule is O=C1CC(O)CN1c1cccc(Cl)c1-n1ccnc1. The van der Waals surface area contributed by atoms with Crippen LogP contribution in [-0.4, -0.2) is 33.2 Å². The lowest BCUT2D eigenvalue weighted by molar-refractivity contribution is -0.117. The maximum atomic E-state index is 11.9. The van der Waals surface area contributed by atoms with Crippen LogP contribution in [0.15, 0.2) is 36.9 Å². The van der Waals surface area contributed by atoms with E-state index in [-0.39, 0.29) is 12.3 Å². The van der Waals surface area contributed by atoms with Gasteiger partial charge in [0.15, 0.2) is 0 Å². The maximum absolute atomic E-state index is 11.9. The summed E-state index contributed by atoms with van der Waals surface area (Å²) in [5.41, 5.74) is 1.39. The predicted octanol–water partition coefficient (Wildman–Crippen LogP) is 1.62. The van der Waals surface area contributed by atoms with E-state index in [9.17, 15) is 9.90 Å². The number of carbonyl (C=O) groups excluding carboxylic acids is 1. The number of para-hydroxylation sites is 1. The summed E-state index contributed by atoms with van der Waals surface area (Å²) < 4.78 is 1.76. The lowest BCUT2D eigenvalue weighted by Gasteiger charge is -2.21. The van der Waals surface area contributed by atoms with Crippen LogP contribution in [0.2, 0.25) is 5.02 Å². The molecule has 1 atom stereocenters. The van der Waals surface area contributed by atoms with Crippen LogP contribution < -0.4 is 4.90 Å². The molecule has 0 aliphatic carbocycles. The zero-order valence-electron chi connectivity index (χ0n) is 10.0. The third kappa shape index (κ3) is 2.11. The summed E-state index contributed by atoms with van der Waals surface area (Å²) in [6.45, 7) is 0.293. The first kappa shape index (κ1) is 12.2. The van der Waals surface area contributed by atoms with Crippen LogP contribution in [-0.2, 0) is 4.79 Å². The predicted molar refractivity (Wildman–Crippen MR) is 71.6 cm³/mol. The maximum Gasteiger partial charge on any atom is 0.229 e. The normalized spacial score (nSPS) is 19.2. The molecule has 0 radical (unpaired) electrons. The Bertz CT molecular complexity index is 612. The number of aliphatic hydroxyl groups is 1. The van der Waals surface area contributed by atoms with Gasteiger partial charge in [-0.3, -0.25) is 4.79 Å². The average molecular weight is 278 g/mol. The molecule has 98 valence electrons. The molecule has 1 amide bonds. The van der Waals surface area contributed by atoms with Gasteiger partial charge in [-0.2, -0.15) is 0 Å². The molecule has 1 aliphatic heterocycles. The molecule has 1 unspecified atom stereocenters. The van der Waals surface area contributed by atoms with E-state index in [0.717, 1.165) is 0 Å². The van der Waals surface area contributed by atoms with Crippen LogP contribution in [0.3, 0.4) is 0 Å². The Hall–Kier alpha value is -1.85. The summed E-state index contributed by atoms with van der Waals surface area (Å²) in [7, 11) is 0. The Kier molecular flexibility index (Phi) is 3.00. The Balaban J connectivity index is 2.12. The van der Waals surface area contributed by atoms with Crippen LogP contribution in [0.25, 0.3) is 5.69 Å². The van der Waals surface area contributed by atoms with E-state index in [2.05, 4.69) is 4.98 Å². The van der Waals surface area contributed by atoms with Crippen molar-refractivity contribution in [2.45, 2.75) is 12.5 Å². The molecule has 1 aromatic heterocycles. The summed E-state index contributed by atoms with van der Waals surface area (Å²) >= 11 is 6.23. The second-order valence-electron chi connectivity index (χ2n) is 4.44. The Morgan fingerprint density at radius 1 is 1.42 bits per heavy atom. The number of amides is 1. The fourth-order valence-electron chi connectivity index (χ4n) is 2.29. The largest absolute Gasteiger partial charge is 0.391 e. The van der Waals surface area contributed by atoms with Crippen molar-refractivity contribution in [2.24, 2.45) is 0 Å². The summed E-state index contributed by atoms with van der Waals surface area (Å²) in [5, 5.41) is 10.1. The summed E-state index contributed by atoms with van der Waals surface area (Å²) in [5.74, 6) is -0.101. The quantitative estimate of drug-likeness (QED) is 0.907. The monoisotopic (exact) mass is 277 g/mol. The van der Waals surface area contributed by atoms with Gasteiger partial charge >= 0.3 is 0 Å². The van der Waals surface area contributed by atoms with Crippen molar-refractivity contribution in [2.75, 3.05) is 11.4 Å². The minimum absolute atomic E-state index is 0.101. The fourth-order valence-corrected chi connectivity index (χ4v) is 2.56. The van der Waals surface area contributed by atoms with Crippen LogP contribution in [0.4, 0.5) is 5.69 Å². The van der Waals surface area contributed by atoms with Gasteiger partial charge in [0.2, 0.25) is 5.91 Å². The zero-order valence-corrected chi connectivity index (χ0v) is 10.8. The third-order valence-corrected chi connectivity index (χ3v) is 3.43. The molecule has 0 saturated carbocycles. The molecule has 1 aliphatic rings. The number of hydrogen-bond donors (Lipinski definition) is 1. The van der Waals surface area contributed by atoms with Gasteiger partial charge < -0.3 is 14.6 Å². The molecule has 19 heavy (non-hydrogen) atoms. The van der Waals surface area contributed by atoms with E-state index in [1.807, 2.05) is 6.07 Å². The van der Waals surface area contributed by atoms with Crippen molar-refractivity contribution in [3.05, 3.63) is 41.9 Å². The smallest absolute Gasteiger partial charge is 0.229 e. The minimum Gasteiger partial charge on any atom is -0.391 e. The molecule has 0 bridgehead atoms. The van der Waals surface area contributed by atoms with Gasteiger partial charge in [-0.05, 0) is 12.1 Å². The molecule has 5 nitrogen and oxygen atoms in total. The van der Waals surface area contributed by atoms with E-state index in [4.69, 9.17) is 11.6 Å². The van der Waals surface area contributed by atoms with Gasteiger partial charge in [0.25, 0.3) is 0 Å². The Morgan fingerprint density at radius 3 is 2.89 bits per heavy atom. The number of aliphatic hydroxyl groups excluding tert-OH is 1. The van der Waals surface area contributed by atoms with Crippen molar-refractivity contribution in [1.82, 2.24) is 9.55 Å². The molecule has 1 aromatic carbocycles. The second kappa shape index (κ2) is 4.68. The molecule has 2 heterocycles. The van der Waals surface area contributed by atoms with Crippen molar-refractivity contribution in [3.63, 3.8) is 0 Å². The highest BCUT2D eigenvalue weighted by Crippen LogP contribution is 2.33. The summed E-state index contributed by atoms with van der Waals surface area (Å²) in [6.07, 6.45) is 4.56. The third-order valence-electron chi connectivity index (χ3n) is 3.12. The van der Waals surface area contributed by atoms with Crippen LogP contribution in [0, 0.1) is 0 Å². The first-order chi connectivity index (χ1) is 9.16. The van der Waals surface area contributed by atoms with E-state index >= 15 is 0 Å². The fraction of sp³-hybridized carbons (Fsp3) is 0.231. The highest BCUT2D eigenvalue weighted by atomic mass is 35.5. The Labute approximate surface area is 115 Å². The summed E-state index contributed by atoms with van der Waals surface area (Å²) in [6, 6.07) is 5.37. The van der Waals surface area contributed by atoms with Gasteiger partial charge in [-0.15, -0.1) is 0 Å². The van der Waals surface area contributed by atoms with Crippen molar-refractivity contribution >= 4 is 23.2 Å². The lowest BCUT2D eigenvalue weighted by Crippen LogP contribution is -2.26. The number of hydrogen-bond acceptors (Lipinski definition) is 3. The second-order valence-corrected chi connectivity index (χ2v) is 4.85. The van der Waals surface area contributed by atoms with Gasteiger partial charge in [-0.25, -0.2) is 4.98 Å². The zero-order chi connectivity index (χ0) is 13.4. The number of β-amino-alcohol motifs (C(OH)–C–C–N with tert-alkyl or cyclic N) is 1. The van der Waals surface area contributed by atoms with E-state index in [1.54, 1.807) is 40.3 Å². The number of carbonyl (C=O) groups is 1. The van der Waals surface area contributed by atoms with Gasteiger partial charge in [0.05, 0.1) is 41.8 Å². The topological polar surface area (TPSA) is 58.4 Å². The number of benzene rings is 1. The minimum atomic E-state index is -0.623. The van der Waals surface area contributed by atoms with Crippen molar-refractivity contribution in [3.8, 4) is 5.69 Å². The first-order valence-electron chi connectivity index (χ1n) is 5.92. The van der Waals surface area contributed by atoms with Gasteiger partial charge in [0, 0.05) is 12.4 Å². The van der Waals surface area contributed by atoms with E-state index < -0.39 is 6.10 Å². The highest BCUT2D eigenvalue weighted by molar-refractivity contribution is 6.33. The summed E-state index contributed by atoms with van der Waals surface area (Å²) in [4.78, 5) is 17.5. The number of rotatable bonds is 2. The van der Waals surface area contributed by atoms with Crippen LogP contribution in [0.5, 0.6) is 0 Å². The van der Waals surface area contributed by atoms with Gasteiger partial charge in [0.1, 0.15) is 0 Å². The molecular weight excluding hydrogens is 266 g/mol. The number of imidazole rings is 1. The molecule has 1 saturated heterocycles. The van der Waals surface area contributed by atoms with Crippen LogP contribution in [0.1, 0.15) is 6.42 Å². The lowest BCUT2D eigenvalue weighted by atomic mass is 10.2. The molecular formula is C13H12ClN3O2. The molecule has 1 fully saturated rings. The van der Waals surface area contributed by atoms with Crippen LogP contribution >= 0.6 is 11.6 Å².